The Labute approximate surface area is 154 Å². The van der Waals surface area contributed by atoms with Gasteiger partial charge in [-0.1, -0.05) is 15.9 Å². The van der Waals surface area contributed by atoms with Crippen LogP contribution in [0.25, 0.3) is 0 Å². The Bertz CT molecular complexity index is 747. The van der Waals surface area contributed by atoms with E-state index in [1.54, 1.807) is 49.6 Å². The smallest absolute Gasteiger partial charge is 0.251 e. The van der Waals surface area contributed by atoms with Gasteiger partial charge in [-0.3, -0.25) is 9.59 Å². The highest BCUT2D eigenvalue weighted by atomic mass is 79.9. The zero-order valence-corrected chi connectivity index (χ0v) is 15.6. The minimum Gasteiger partial charge on any atom is -0.497 e. The van der Waals surface area contributed by atoms with E-state index in [-0.39, 0.29) is 24.8 Å². The summed E-state index contributed by atoms with van der Waals surface area (Å²) in [7, 11) is 3.07. The van der Waals surface area contributed by atoms with Crippen LogP contribution < -0.4 is 20.1 Å². The molecule has 0 aliphatic rings. The number of rotatable bonds is 7. The van der Waals surface area contributed by atoms with E-state index in [0.717, 1.165) is 4.47 Å². The van der Waals surface area contributed by atoms with Crippen LogP contribution in [0.3, 0.4) is 0 Å². The summed E-state index contributed by atoms with van der Waals surface area (Å²) in [5.74, 6) is 0.699. The fourth-order valence-electron chi connectivity index (χ4n) is 2.11. The minimum atomic E-state index is -0.223. The molecule has 0 heterocycles. The van der Waals surface area contributed by atoms with Crippen molar-refractivity contribution in [1.29, 1.82) is 0 Å². The lowest BCUT2D eigenvalue weighted by atomic mass is 10.2. The number of hydrogen-bond acceptors (Lipinski definition) is 4. The fraction of sp³-hybridized carbons (Fsp3) is 0.222. The lowest BCUT2D eigenvalue weighted by Crippen LogP contribution is -2.27. The van der Waals surface area contributed by atoms with Gasteiger partial charge in [-0.25, -0.2) is 0 Å². The quantitative estimate of drug-likeness (QED) is 0.739. The molecule has 0 atom stereocenters. The molecule has 0 fully saturated rings. The first-order valence-corrected chi connectivity index (χ1v) is 8.38. The molecule has 132 valence electrons. The number of carbonyl (C=O) groups is 2. The number of carbonyl (C=O) groups excluding carboxylic acids is 2. The van der Waals surface area contributed by atoms with E-state index in [0.29, 0.717) is 22.7 Å². The molecule has 2 aromatic carbocycles. The molecule has 0 aromatic heterocycles. The topological polar surface area (TPSA) is 76.7 Å². The van der Waals surface area contributed by atoms with Gasteiger partial charge in [0.25, 0.3) is 5.91 Å². The Kier molecular flexibility index (Phi) is 6.82. The van der Waals surface area contributed by atoms with E-state index in [2.05, 4.69) is 26.6 Å². The van der Waals surface area contributed by atoms with Crippen LogP contribution in [0, 0.1) is 0 Å². The molecule has 0 aliphatic heterocycles. The van der Waals surface area contributed by atoms with Crippen molar-refractivity contribution in [2.75, 3.05) is 26.1 Å². The number of amides is 2. The molecule has 0 saturated carbocycles. The van der Waals surface area contributed by atoms with Crippen LogP contribution in [0.1, 0.15) is 16.8 Å². The maximum atomic E-state index is 12.0. The zero-order chi connectivity index (χ0) is 18.2. The van der Waals surface area contributed by atoms with E-state index in [4.69, 9.17) is 9.47 Å². The van der Waals surface area contributed by atoms with Gasteiger partial charge in [-0.2, -0.15) is 0 Å². The number of methoxy groups -OCH3 is 2. The maximum Gasteiger partial charge on any atom is 0.251 e. The van der Waals surface area contributed by atoms with Gasteiger partial charge < -0.3 is 20.1 Å². The molecule has 0 spiro atoms. The third kappa shape index (κ3) is 5.49. The summed E-state index contributed by atoms with van der Waals surface area (Å²) < 4.78 is 11.2. The number of ether oxygens (including phenoxy) is 2. The number of hydrogen-bond donors (Lipinski definition) is 2. The molecule has 0 saturated heterocycles. The molecule has 2 rings (SSSR count). The Hall–Kier alpha value is -2.54. The first-order valence-electron chi connectivity index (χ1n) is 7.59. The highest BCUT2D eigenvalue weighted by Gasteiger charge is 2.10. The Morgan fingerprint density at radius 2 is 1.76 bits per heavy atom. The Balaban J connectivity index is 1.84. The SMILES string of the molecule is COc1ccc(NC(=O)CCNC(=O)c2ccc(Br)cc2)c(OC)c1. The summed E-state index contributed by atoms with van der Waals surface area (Å²) in [6, 6.07) is 12.1. The van der Waals surface area contributed by atoms with Gasteiger partial charge in [0.2, 0.25) is 5.91 Å². The third-order valence-corrected chi connectivity index (χ3v) is 3.96. The van der Waals surface area contributed by atoms with E-state index in [9.17, 15) is 9.59 Å². The number of halogens is 1. The molecule has 7 heteroatoms. The second-order valence-corrected chi connectivity index (χ2v) is 6.04. The van der Waals surface area contributed by atoms with Crippen LogP contribution in [-0.2, 0) is 4.79 Å². The van der Waals surface area contributed by atoms with Crippen LogP contribution >= 0.6 is 15.9 Å². The van der Waals surface area contributed by atoms with Crippen LogP contribution in [0.15, 0.2) is 46.9 Å². The average molecular weight is 407 g/mol. The van der Waals surface area contributed by atoms with Gasteiger partial charge in [0, 0.05) is 29.1 Å². The molecule has 6 nitrogen and oxygen atoms in total. The normalized spacial score (nSPS) is 10.0. The number of anilines is 1. The maximum absolute atomic E-state index is 12.0. The van der Waals surface area contributed by atoms with Crippen molar-refractivity contribution < 1.29 is 19.1 Å². The van der Waals surface area contributed by atoms with E-state index in [1.165, 1.54) is 7.11 Å². The van der Waals surface area contributed by atoms with Crippen molar-refractivity contribution >= 4 is 33.4 Å². The van der Waals surface area contributed by atoms with Crippen LogP contribution in [0.5, 0.6) is 11.5 Å². The molecule has 25 heavy (non-hydrogen) atoms. The average Bonchev–Trinajstić information content (AvgIpc) is 2.62. The van der Waals surface area contributed by atoms with Gasteiger partial charge in [-0.15, -0.1) is 0 Å². The van der Waals surface area contributed by atoms with Crippen LogP contribution in [0.4, 0.5) is 5.69 Å². The second-order valence-electron chi connectivity index (χ2n) is 5.13. The van der Waals surface area contributed by atoms with Crippen molar-refractivity contribution in [2.45, 2.75) is 6.42 Å². The highest BCUT2D eigenvalue weighted by Crippen LogP contribution is 2.29. The van der Waals surface area contributed by atoms with Crippen molar-refractivity contribution in [3.8, 4) is 11.5 Å². The summed E-state index contributed by atoms with van der Waals surface area (Å²) >= 11 is 3.32. The van der Waals surface area contributed by atoms with Crippen LogP contribution in [0.2, 0.25) is 0 Å². The second kappa shape index (κ2) is 9.08. The Morgan fingerprint density at radius 1 is 1.04 bits per heavy atom. The molecule has 0 unspecified atom stereocenters. The standard InChI is InChI=1S/C18H19BrN2O4/c1-24-14-7-8-15(16(11-14)25-2)21-17(22)9-10-20-18(23)12-3-5-13(19)6-4-12/h3-8,11H,9-10H2,1-2H3,(H,20,23)(H,21,22). The van der Waals surface area contributed by atoms with Gasteiger partial charge in [0.15, 0.2) is 0 Å². The number of benzene rings is 2. The molecule has 0 aliphatic carbocycles. The van der Waals surface area contributed by atoms with E-state index < -0.39 is 0 Å². The summed E-state index contributed by atoms with van der Waals surface area (Å²) in [6.07, 6.45) is 0.150. The molecule has 0 bridgehead atoms. The third-order valence-electron chi connectivity index (χ3n) is 3.43. The molecule has 2 N–H and O–H groups in total. The number of nitrogens with one attached hydrogen (secondary N) is 2. The fourth-order valence-corrected chi connectivity index (χ4v) is 2.37. The molecule has 2 aromatic rings. The summed E-state index contributed by atoms with van der Waals surface area (Å²) in [5.41, 5.74) is 1.09. The molecule has 2 amide bonds. The van der Waals surface area contributed by atoms with Crippen LogP contribution in [-0.4, -0.2) is 32.6 Å². The monoisotopic (exact) mass is 406 g/mol. The van der Waals surface area contributed by atoms with Crippen molar-refractivity contribution in [3.05, 3.63) is 52.5 Å². The first-order chi connectivity index (χ1) is 12.0. The van der Waals surface area contributed by atoms with E-state index >= 15 is 0 Å². The lowest BCUT2D eigenvalue weighted by Gasteiger charge is -2.12. The van der Waals surface area contributed by atoms with Crippen molar-refractivity contribution in [2.24, 2.45) is 0 Å². The zero-order valence-electron chi connectivity index (χ0n) is 14.0. The van der Waals surface area contributed by atoms with Gasteiger partial charge in [-0.05, 0) is 36.4 Å². The predicted octanol–water partition coefficient (Wildman–Crippen LogP) is 3.22. The largest absolute Gasteiger partial charge is 0.497 e. The first kappa shape index (κ1) is 18.8. The van der Waals surface area contributed by atoms with Gasteiger partial charge >= 0.3 is 0 Å². The summed E-state index contributed by atoms with van der Waals surface area (Å²) in [6.45, 7) is 0.235. The molecular formula is C18H19BrN2O4. The van der Waals surface area contributed by atoms with Crippen molar-refractivity contribution in [3.63, 3.8) is 0 Å². The Morgan fingerprint density at radius 3 is 2.40 bits per heavy atom. The van der Waals surface area contributed by atoms with E-state index in [1.807, 2.05) is 0 Å². The van der Waals surface area contributed by atoms with Gasteiger partial charge in [0.05, 0.1) is 19.9 Å². The highest BCUT2D eigenvalue weighted by molar-refractivity contribution is 9.10. The summed E-state index contributed by atoms with van der Waals surface area (Å²) in [5, 5.41) is 5.47. The lowest BCUT2D eigenvalue weighted by molar-refractivity contribution is -0.116. The molecular weight excluding hydrogens is 388 g/mol. The predicted molar refractivity (Wildman–Crippen MR) is 99.3 cm³/mol. The van der Waals surface area contributed by atoms with Crippen molar-refractivity contribution in [1.82, 2.24) is 5.32 Å². The molecule has 0 radical (unpaired) electrons. The van der Waals surface area contributed by atoms with Gasteiger partial charge in [0.1, 0.15) is 11.5 Å². The minimum absolute atomic E-state index is 0.150. The summed E-state index contributed by atoms with van der Waals surface area (Å²) in [4.78, 5) is 24.0.